The number of hydrogen-bond donors (Lipinski definition) is 1. The zero-order valence-electron chi connectivity index (χ0n) is 12.5. The van der Waals surface area contributed by atoms with Gasteiger partial charge in [-0.25, -0.2) is 0 Å². The van der Waals surface area contributed by atoms with Crippen molar-refractivity contribution >= 4 is 11.0 Å². The topological polar surface area (TPSA) is 63.3 Å². The predicted molar refractivity (Wildman–Crippen MR) is 85.9 cm³/mol. The Morgan fingerprint density at radius 2 is 1.91 bits per heavy atom. The Morgan fingerprint density at radius 3 is 2.68 bits per heavy atom. The second-order valence-corrected chi connectivity index (χ2v) is 5.73. The van der Waals surface area contributed by atoms with Crippen molar-refractivity contribution in [3.63, 3.8) is 0 Å². The Labute approximate surface area is 128 Å². The summed E-state index contributed by atoms with van der Waals surface area (Å²) >= 11 is 0. The Kier molecular flexibility index (Phi) is 3.67. The number of rotatable bonds is 3. The molecule has 0 saturated heterocycles. The van der Waals surface area contributed by atoms with Gasteiger partial charge in [0.15, 0.2) is 0 Å². The van der Waals surface area contributed by atoms with E-state index in [9.17, 15) is 9.90 Å². The number of benzene rings is 2. The molecule has 0 saturated carbocycles. The molecule has 3 aromatic rings. The van der Waals surface area contributed by atoms with Gasteiger partial charge in [0.25, 0.3) is 5.56 Å². The zero-order chi connectivity index (χ0) is 15.7. The minimum atomic E-state index is -0.356. The Hall–Kier alpha value is -2.62. The van der Waals surface area contributed by atoms with Crippen LogP contribution in [0.15, 0.2) is 51.7 Å². The fourth-order valence-corrected chi connectivity index (χ4v) is 2.50. The molecule has 0 bridgehead atoms. The van der Waals surface area contributed by atoms with Crippen molar-refractivity contribution in [1.82, 2.24) is 4.98 Å². The summed E-state index contributed by atoms with van der Waals surface area (Å²) in [6.45, 7) is 4.17. The van der Waals surface area contributed by atoms with E-state index in [2.05, 4.69) is 18.8 Å². The summed E-state index contributed by atoms with van der Waals surface area (Å²) in [5.41, 5.74) is 1.38. The Balaban J connectivity index is 2.17. The van der Waals surface area contributed by atoms with Gasteiger partial charge in [0, 0.05) is 0 Å². The molecular formula is C18H17NO3. The minimum Gasteiger partial charge on any atom is -0.507 e. The first kappa shape index (κ1) is 14.3. The SMILES string of the molecule is CC(C)Cc1cccc(-c2nc(=O)c3ccccc3o2)c1O. The van der Waals surface area contributed by atoms with Crippen molar-refractivity contribution in [1.29, 1.82) is 0 Å². The van der Waals surface area contributed by atoms with E-state index in [1.807, 2.05) is 12.1 Å². The molecule has 0 unspecified atom stereocenters. The van der Waals surface area contributed by atoms with Crippen LogP contribution in [-0.2, 0) is 6.42 Å². The summed E-state index contributed by atoms with van der Waals surface area (Å²) in [5, 5.41) is 10.9. The van der Waals surface area contributed by atoms with Crippen LogP contribution >= 0.6 is 0 Å². The molecule has 2 aromatic carbocycles. The fourth-order valence-electron chi connectivity index (χ4n) is 2.50. The lowest BCUT2D eigenvalue weighted by molar-refractivity contribution is 0.461. The van der Waals surface area contributed by atoms with E-state index in [1.54, 1.807) is 30.3 Å². The van der Waals surface area contributed by atoms with Crippen molar-refractivity contribution in [2.75, 3.05) is 0 Å². The van der Waals surface area contributed by atoms with Gasteiger partial charge in [-0.2, -0.15) is 4.98 Å². The van der Waals surface area contributed by atoms with Gasteiger partial charge in [0.2, 0.25) is 5.89 Å². The molecule has 0 fully saturated rings. The highest BCUT2D eigenvalue weighted by molar-refractivity contribution is 5.77. The standard InChI is InChI=1S/C18H17NO3/c1-11(2)10-12-6-5-8-14(16(12)20)18-19-17(21)13-7-3-4-9-15(13)22-18/h3-9,11,20H,10H2,1-2H3. The molecule has 0 aliphatic carbocycles. The first-order valence-corrected chi connectivity index (χ1v) is 7.27. The van der Waals surface area contributed by atoms with E-state index in [0.29, 0.717) is 22.5 Å². The van der Waals surface area contributed by atoms with Crippen molar-refractivity contribution in [3.05, 3.63) is 58.4 Å². The third kappa shape index (κ3) is 2.60. The maximum atomic E-state index is 12.1. The summed E-state index contributed by atoms with van der Waals surface area (Å²) in [5.74, 6) is 0.687. The summed E-state index contributed by atoms with van der Waals surface area (Å²) in [6, 6.07) is 12.4. The van der Waals surface area contributed by atoms with E-state index in [1.165, 1.54) is 0 Å². The third-order valence-corrected chi connectivity index (χ3v) is 3.51. The molecule has 112 valence electrons. The van der Waals surface area contributed by atoms with E-state index in [-0.39, 0.29) is 17.2 Å². The lowest BCUT2D eigenvalue weighted by atomic mass is 9.99. The first-order chi connectivity index (χ1) is 10.6. The third-order valence-electron chi connectivity index (χ3n) is 3.51. The highest BCUT2D eigenvalue weighted by Crippen LogP contribution is 2.32. The van der Waals surface area contributed by atoms with Crippen LogP contribution in [0.4, 0.5) is 0 Å². The van der Waals surface area contributed by atoms with Crippen LogP contribution in [0.1, 0.15) is 19.4 Å². The molecule has 22 heavy (non-hydrogen) atoms. The van der Waals surface area contributed by atoms with Gasteiger partial charge in [-0.15, -0.1) is 0 Å². The van der Waals surface area contributed by atoms with Crippen LogP contribution in [0.5, 0.6) is 5.75 Å². The van der Waals surface area contributed by atoms with Gasteiger partial charge in [-0.05, 0) is 36.1 Å². The quantitative estimate of drug-likeness (QED) is 0.799. The number of hydrogen-bond acceptors (Lipinski definition) is 4. The van der Waals surface area contributed by atoms with Crippen LogP contribution < -0.4 is 5.56 Å². The largest absolute Gasteiger partial charge is 0.507 e. The summed E-state index contributed by atoms with van der Waals surface area (Å²) < 4.78 is 5.70. The van der Waals surface area contributed by atoms with Crippen LogP contribution in [0, 0.1) is 5.92 Å². The molecule has 0 radical (unpaired) electrons. The van der Waals surface area contributed by atoms with E-state index in [0.717, 1.165) is 12.0 Å². The molecule has 4 heteroatoms. The maximum Gasteiger partial charge on any atom is 0.284 e. The molecule has 0 atom stereocenters. The van der Waals surface area contributed by atoms with Crippen LogP contribution in [0.2, 0.25) is 0 Å². The highest BCUT2D eigenvalue weighted by Gasteiger charge is 2.15. The second-order valence-electron chi connectivity index (χ2n) is 5.73. The smallest absolute Gasteiger partial charge is 0.284 e. The van der Waals surface area contributed by atoms with Gasteiger partial charge >= 0.3 is 0 Å². The van der Waals surface area contributed by atoms with Gasteiger partial charge in [-0.1, -0.05) is 38.1 Å². The monoisotopic (exact) mass is 295 g/mol. The summed E-state index contributed by atoms with van der Waals surface area (Å²) in [7, 11) is 0. The van der Waals surface area contributed by atoms with Gasteiger partial charge < -0.3 is 9.52 Å². The van der Waals surface area contributed by atoms with E-state index >= 15 is 0 Å². The number of phenols is 1. The maximum absolute atomic E-state index is 12.1. The summed E-state index contributed by atoms with van der Waals surface area (Å²) in [4.78, 5) is 16.1. The minimum absolute atomic E-state index is 0.127. The summed E-state index contributed by atoms with van der Waals surface area (Å²) in [6.07, 6.45) is 0.748. The van der Waals surface area contributed by atoms with Gasteiger partial charge in [0.1, 0.15) is 11.3 Å². The van der Waals surface area contributed by atoms with Crippen molar-refractivity contribution < 1.29 is 9.52 Å². The average Bonchev–Trinajstić information content (AvgIpc) is 2.49. The highest BCUT2D eigenvalue weighted by atomic mass is 16.3. The molecule has 1 heterocycles. The molecule has 1 N–H and O–H groups in total. The van der Waals surface area contributed by atoms with Gasteiger partial charge in [0.05, 0.1) is 10.9 Å². The number of para-hydroxylation sites is 2. The van der Waals surface area contributed by atoms with Crippen LogP contribution in [0.3, 0.4) is 0 Å². The number of aromatic hydroxyl groups is 1. The molecular weight excluding hydrogens is 278 g/mol. The second kappa shape index (κ2) is 5.64. The van der Waals surface area contributed by atoms with Crippen molar-refractivity contribution in [2.24, 2.45) is 5.92 Å². The predicted octanol–water partition coefficient (Wildman–Crippen LogP) is 3.76. The average molecular weight is 295 g/mol. The van der Waals surface area contributed by atoms with E-state index < -0.39 is 0 Å². The van der Waals surface area contributed by atoms with Crippen molar-refractivity contribution in [2.45, 2.75) is 20.3 Å². The van der Waals surface area contributed by atoms with Gasteiger partial charge in [-0.3, -0.25) is 4.79 Å². The van der Waals surface area contributed by atoms with Crippen molar-refractivity contribution in [3.8, 4) is 17.2 Å². The molecule has 0 amide bonds. The number of aromatic nitrogens is 1. The van der Waals surface area contributed by atoms with Crippen LogP contribution in [0.25, 0.3) is 22.4 Å². The van der Waals surface area contributed by atoms with Crippen LogP contribution in [-0.4, -0.2) is 10.1 Å². The zero-order valence-corrected chi connectivity index (χ0v) is 12.5. The molecule has 0 spiro atoms. The molecule has 1 aromatic heterocycles. The number of phenolic OH excluding ortho intramolecular Hbond substituents is 1. The van der Waals surface area contributed by atoms with E-state index in [4.69, 9.17) is 4.42 Å². The lowest BCUT2D eigenvalue weighted by Crippen LogP contribution is -2.07. The number of nitrogens with zero attached hydrogens (tertiary/aromatic N) is 1. The normalized spacial score (nSPS) is 11.2. The number of fused-ring (bicyclic) bond motifs is 1. The first-order valence-electron chi connectivity index (χ1n) is 7.27. The molecule has 0 aliphatic rings. The lowest BCUT2D eigenvalue weighted by Gasteiger charge is -2.10. The molecule has 0 aliphatic heterocycles. The Bertz CT molecular complexity index is 881. The molecule has 4 nitrogen and oxygen atoms in total. The Morgan fingerprint density at radius 1 is 1.14 bits per heavy atom. The fraction of sp³-hybridized carbons (Fsp3) is 0.222. The molecule has 3 rings (SSSR count).